The van der Waals surface area contributed by atoms with E-state index in [2.05, 4.69) is 4.99 Å². The maximum absolute atomic E-state index is 13.5. The molecule has 3 rings (SSSR count). The van der Waals surface area contributed by atoms with Crippen molar-refractivity contribution in [2.75, 3.05) is 0 Å². The van der Waals surface area contributed by atoms with E-state index in [1.165, 1.54) is 35.9 Å². The van der Waals surface area contributed by atoms with Crippen molar-refractivity contribution >= 4 is 23.0 Å². The number of halogens is 3. The molecule has 0 saturated heterocycles. The molecule has 8 heteroatoms. The Hall–Kier alpha value is -1.96. The maximum atomic E-state index is 13.5. The number of aliphatic imine (C=N–C) groups is 1. The highest BCUT2D eigenvalue weighted by Crippen LogP contribution is 2.43. The van der Waals surface area contributed by atoms with Gasteiger partial charge in [-0.05, 0) is 5.41 Å². The van der Waals surface area contributed by atoms with Gasteiger partial charge >= 0.3 is 12.2 Å². The quantitative estimate of drug-likeness (QED) is 0.866. The maximum Gasteiger partial charge on any atom is 0.436 e. The monoisotopic (exact) mass is 299 g/mol. The van der Waals surface area contributed by atoms with Crippen LogP contribution in [0.15, 0.2) is 46.9 Å². The molecule has 2 aliphatic rings. The molecule has 2 aliphatic heterocycles. The van der Waals surface area contributed by atoms with Crippen LogP contribution in [0, 0.1) is 0 Å². The molecule has 20 heavy (non-hydrogen) atoms. The SMILES string of the molecule is O=C1NC(c2ccccc2)(C(F)(F)F)N=C2SC=CN12. The van der Waals surface area contributed by atoms with Crippen LogP contribution in [-0.4, -0.2) is 22.3 Å². The van der Waals surface area contributed by atoms with E-state index in [9.17, 15) is 18.0 Å². The number of alkyl halides is 3. The van der Waals surface area contributed by atoms with E-state index < -0.39 is 17.9 Å². The Kier molecular flexibility index (Phi) is 2.79. The number of urea groups is 1. The van der Waals surface area contributed by atoms with Crippen LogP contribution >= 0.6 is 11.8 Å². The number of benzene rings is 1. The van der Waals surface area contributed by atoms with Crippen LogP contribution < -0.4 is 5.32 Å². The normalized spacial score (nSPS) is 25.2. The van der Waals surface area contributed by atoms with E-state index in [0.717, 1.165) is 16.7 Å². The minimum Gasteiger partial charge on any atom is -0.301 e. The van der Waals surface area contributed by atoms with Crippen molar-refractivity contribution in [1.29, 1.82) is 0 Å². The zero-order valence-electron chi connectivity index (χ0n) is 9.89. The van der Waals surface area contributed by atoms with Gasteiger partial charge in [-0.15, -0.1) is 0 Å². The Balaban J connectivity index is 2.19. The standard InChI is InChI=1S/C12H8F3N3OS/c13-12(14,15)11(8-4-2-1-3-5-8)16-9(19)18-6-7-20-10(18)17-11/h1-7H,(H,16,19). The summed E-state index contributed by atoms with van der Waals surface area (Å²) >= 11 is 0.978. The third kappa shape index (κ3) is 1.79. The molecule has 4 nitrogen and oxygen atoms in total. The number of nitrogens with zero attached hydrogens (tertiary/aromatic N) is 2. The van der Waals surface area contributed by atoms with Gasteiger partial charge in [-0.3, -0.25) is 0 Å². The molecule has 1 atom stereocenters. The fourth-order valence-electron chi connectivity index (χ4n) is 2.01. The van der Waals surface area contributed by atoms with E-state index in [0.29, 0.717) is 0 Å². The Morgan fingerprint density at radius 3 is 2.60 bits per heavy atom. The number of thioether (sulfide) groups is 1. The minimum atomic E-state index is -4.74. The molecule has 1 N–H and O–H groups in total. The molecule has 2 heterocycles. The van der Waals surface area contributed by atoms with Gasteiger partial charge in [0, 0.05) is 11.8 Å². The Morgan fingerprint density at radius 2 is 1.95 bits per heavy atom. The smallest absolute Gasteiger partial charge is 0.301 e. The van der Waals surface area contributed by atoms with Crippen molar-refractivity contribution < 1.29 is 18.0 Å². The molecule has 1 aromatic rings. The van der Waals surface area contributed by atoms with Crippen LogP contribution in [0.2, 0.25) is 0 Å². The van der Waals surface area contributed by atoms with E-state index >= 15 is 0 Å². The van der Waals surface area contributed by atoms with Crippen molar-refractivity contribution in [3.8, 4) is 0 Å². The van der Waals surface area contributed by atoms with Gasteiger partial charge in [0.1, 0.15) is 0 Å². The summed E-state index contributed by atoms with van der Waals surface area (Å²) in [6.07, 6.45) is -3.36. The second kappa shape index (κ2) is 4.27. The Labute approximate surface area is 116 Å². The lowest BCUT2D eigenvalue weighted by Gasteiger charge is -2.38. The fraction of sp³-hybridized carbons (Fsp3) is 0.167. The summed E-state index contributed by atoms with van der Waals surface area (Å²) < 4.78 is 40.6. The molecular weight excluding hydrogens is 291 g/mol. The molecule has 0 fully saturated rings. The Bertz CT molecular complexity index is 614. The van der Waals surface area contributed by atoms with E-state index in [1.807, 2.05) is 5.32 Å². The summed E-state index contributed by atoms with van der Waals surface area (Å²) in [5.41, 5.74) is -2.86. The van der Waals surface area contributed by atoms with Crippen molar-refractivity contribution in [2.24, 2.45) is 4.99 Å². The van der Waals surface area contributed by atoms with Crippen LogP contribution in [0.5, 0.6) is 0 Å². The van der Waals surface area contributed by atoms with E-state index in [4.69, 9.17) is 0 Å². The summed E-state index contributed by atoms with van der Waals surface area (Å²) in [7, 11) is 0. The number of amidine groups is 1. The van der Waals surface area contributed by atoms with Crippen LogP contribution in [0.4, 0.5) is 18.0 Å². The highest BCUT2D eigenvalue weighted by molar-refractivity contribution is 8.16. The van der Waals surface area contributed by atoms with Gasteiger partial charge in [-0.25, -0.2) is 14.7 Å². The van der Waals surface area contributed by atoms with Crippen molar-refractivity contribution in [2.45, 2.75) is 11.8 Å². The van der Waals surface area contributed by atoms with Gasteiger partial charge in [-0.2, -0.15) is 13.2 Å². The van der Waals surface area contributed by atoms with Gasteiger partial charge in [0.15, 0.2) is 5.17 Å². The lowest BCUT2D eigenvalue weighted by molar-refractivity contribution is -0.196. The lowest BCUT2D eigenvalue weighted by Crippen LogP contribution is -2.61. The first-order chi connectivity index (χ1) is 9.44. The second-order valence-electron chi connectivity index (χ2n) is 4.17. The molecule has 0 bridgehead atoms. The third-order valence-corrected chi connectivity index (χ3v) is 3.72. The first kappa shape index (κ1) is 13.0. The van der Waals surface area contributed by atoms with E-state index in [-0.39, 0.29) is 10.7 Å². The summed E-state index contributed by atoms with van der Waals surface area (Å²) in [5, 5.41) is 3.49. The average molecular weight is 299 g/mol. The van der Waals surface area contributed by atoms with Crippen molar-refractivity contribution in [3.63, 3.8) is 0 Å². The molecule has 0 radical (unpaired) electrons. The summed E-state index contributed by atoms with van der Waals surface area (Å²) in [6.45, 7) is 0. The Morgan fingerprint density at radius 1 is 1.25 bits per heavy atom. The largest absolute Gasteiger partial charge is 0.436 e. The lowest BCUT2D eigenvalue weighted by atomic mass is 9.99. The molecular formula is C12H8F3N3OS. The van der Waals surface area contributed by atoms with Crippen LogP contribution in [0.3, 0.4) is 0 Å². The van der Waals surface area contributed by atoms with E-state index in [1.54, 1.807) is 6.07 Å². The summed E-state index contributed by atoms with van der Waals surface area (Å²) in [4.78, 5) is 16.7. The van der Waals surface area contributed by atoms with Gasteiger partial charge in [0.05, 0.1) is 0 Å². The van der Waals surface area contributed by atoms with Gasteiger partial charge in [0.2, 0.25) is 0 Å². The highest BCUT2D eigenvalue weighted by Gasteiger charge is 2.60. The molecule has 0 saturated carbocycles. The predicted molar refractivity (Wildman–Crippen MR) is 68.7 cm³/mol. The average Bonchev–Trinajstić information content (AvgIpc) is 2.87. The van der Waals surface area contributed by atoms with Crippen LogP contribution in [0.25, 0.3) is 0 Å². The highest BCUT2D eigenvalue weighted by atomic mass is 32.2. The summed E-state index contributed by atoms with van der Waals surface area (Å²) in [5.74, 6) is 0. The fourth-order valence-corrected chi connectivity index (χ4v) is 2.76. The zero-order valence-corrected chi connectivity index (χ0v) is 10.7. The predicted octanol–water partition coefficient (Wildman–Crippen LogP) is 3.00. The molecule has 1 unspecified atom stereocenters. The number of carbonyl (C=O) groups excluding carboxylic acids is 1. The first-order valence-corrected chi connectivity index (χ1v) is 6.49. The topological polar surface area (TPSA) is 44.7 Å². The van der Waals surface area contributed by atoms with Gasteiger partial charge < -0.3 is 5.32 Å². The molecule has 2 amide bonds. The summed E-state index contributed by atoms with van der Waals surface area (Å²) in [6, 6.07) is 6.28. The molecule has 0 spiro atoms. The minimum absolute atomic E-state index is 0.00919. The third-order valence-electron chi connectivity index (χ3n) is 2.96. The van der Waals surface area contributed by atoms with Crippen LogP contribution in [0.1, 0.15) is 5.56 Å². The number of amides is 2. The number of hydrogen-bond donors (Lipinski definition) is 1. The zero-order chi connectivity index (χ0) is 14.4. The molecule has 0 aliphatic carbocycles. The molecule has 1 aromatic carbocycles. The first-order valence-electron chi connectivity index (χ1n) is 5.61. The number of nitrogens with one attached hydrogen (secondary N) is 1. The van der Waals surface area contributed by atoms with Gasteiger partial charge in [-0.1, -0.05) is 42.1 Å². The van der Waals surface area contributed by atoms with Crippen molar-refractivity contribution in [1.82, 2.24) is 10.2 Å². The molecule has 104 valence electrons. The number of rotatable bonds is 1. The number of hydrogen-bond acceptors (Lipinski definition) is 3. The van der Waals surface area contributed by atoms with Crippen LogP contribution in [-0.2, 0) is 5.66 Å². The second-order valence-corrected chi connectivity index (χ2v) is 5.04. The van der Waals surface area contributed by atoms with Gasteiger partial charge in [0.25, 0.3) is 5.66 Å². The number of carbonyl (C=O) groups is 1. The van der Waals surface area contributed by atoms with Crippen molar-refractivity contribution in [3.05, 3.63) is 47.5 Å². The molecule has 0 aromatic heterocycles. The number of fused-ring (bicyclic) bond motifs is 1.